The Balaban J connectivity index is 1.74. The number of carboxylic acid groups (broad SMARTS) is 1. The van der Waals surface area contributed by atoms with Crippen molar-refractivity contribution in [3.63, 3.8) is 0 Å². The molecule has 0 saturated carbocycles. The van der Waals surface area contributed by atoms with Crippen LogP contribution < -0.4 is 10.1 Å². The quantitative estimate of drug-likeness (QED) is 0.614. The molecular weight excluding hydrogens is 394 g/mol. The smallest absolute Gasteiger partial charge is 0.335 e. The van der Waals surface area contributed by atoms with Crippen LogP contribution in [0, 0.1) is 0 Å². The minimum Gasteiger partial charge on any atom is -0.494 e. The fourth-order valence-corrected chi connectivity index (χ4v) is 3.46. The van der Waals surface area contributed by atoms with Crippen LogP contribution >= 0.6 is 11.6 Å². The summed E-state index contributed by atoms with van der Waals surface area (Å²) in [6.07, 6.45) is 0.206. The monoisotopic (exact) mass is 411 g/mol. The van der Waals surface area contributed by atoms with E-state index in [1.807, 2.05) is 0 Å². The average molecular weight is 412 g/mol. The molecule has 0 aliphatic rings. The fraction of sp³-hybridized carbons (Fsp3) is 0.222. The van der Waals surface area contributed by atoms with Gasteiger partial charge in [-0.2, -0.15) is 0 Å². The molecular formula is C18H18ClNO6S. The molecule has 27 heavy (non-hydrogen) atoms. The van der Waals surface area contributed by atoms with Crippen molar-refractivity contribution in [2.75, 3.05) is 23.4 Å². The molecule has 0 unspecified atom stereocenters. The molecule has 0 atom stereocenters. The fourth-order valence-electron chi connectivity index (χ4n) is 2.16. The summed E-state index contributed by atoms with van der Waals surface area (Å²) in [7, 11) is -3.58. The van der Waals surface area contributed by atoms with Gasteiger partial charge in [0.25, 0.3) is 0 Å². The Labute approximate surface area is 161 Å². The molecule has 0 aromatic heterocycles. The summed E-state index contributed by atoms with van der Waals surface area (Å²) in [5.41, 5.74) is 0.601. The molecule has 144 valence electrons. The molecule has 0 aliphatic carbocycles. The average Bonchev–Trinajstić information content (AvgIpc) is 2.60. The molecule has 0 aliphatic heterocycles. The molecule has 2 rings (SSSR count). The van der Waals surface area contributed by atoms with E-state index < -0.39 is 27.5 Å². The first-order valence-electron chi connectivity index (χ1n) is 7.97. The zero-order chi connectivity index (χ0) is 19.9. The molecule has 9 heteroatoms. The van der Waals surface area contributed by atoms with Gasteiger partial charge in [-0.05, 0) is 55.0 Å². The summed E-state index contributed by atoms with van der Waals surface area (Å²) in [6, 6.07) is 12.1. The Kier molecular flexibility index (Phi) is 7.20. The first-order valence-corrected chi connectivity index (χ1v) is 10.2. The number of carbonyl (C=O) groups excluding carboxylic acids is 1. The van der Waals surface area contributed by atoms with Crippen molar-refractivity contribution in [1.29, 1.82) is 0 Å². The third-order valence-electron chi connectivity index (χ3n) is 3.45. The van der Waals surface area contributed by atoms with Crippen LogP contribution in [0.4, 0.5) is 5.69 Å². The van der Waals surface area contributed by atoms with E-state index in [1.165, 1.54) is 24.3 Å². The molecule has 2 aromatic carbocycles. The van der Waals surface area contributed by atoms with Gasteiger partial charge in [0.1, 0.15) is 11.5 Å². The van der Waals surface area contributed by atoms with E-state index in [2.05, 4.69) is 5.32 Å². The topological polar surface area (TPSA) is 110 Å². The number of benzene rings is 2. The first kappa shape index (κ1) is 20.7. The summed E-state index contributed by atoms with van der Waals surface area (Å²) < 4.78 is 29.4. The van der Waals surface area contributed by atoms with Gasteiger partial charge in [0.15, 0.2) is 9.84 Å². The molecule has 0 spiro atoms. The molecule has 2 aromatic rings. The molecule has 7 nitrogen and oxygen atoms in total. The van der Waals surface area contributed by atoms with Gasteiger partial charge >= 0.3 is 5.97 Å². The molecule has 1 amide bonds. The van der Waals surface area contributed by atoms with Crippen molar-refractivity contribution in [2.45, 2.75) is 6.42 Å². The zero-order valence-corrected chi connectivity index (χ0v) is 15.8. The Bertz CT molecular complexity index is 894. The summed E-state index contributed by atoms with van der Waals surface area (Å²) in [5.74, 6) is -2.04. The number of amides is 1. The van der Waals surface area contributed by atoms with Gasteiger partial charge in [0, 0.05) is 10.7 Å². The highest BCUT2D eigenvalue weighted by Gasteiger charge is 2.16. The van der Waals surface area contributed by atoms with Crippen molar-refractivity contribution in [1.82, 2.24) is 0 Å². The Morgan fingerprint density at radius 3 is 2.26 bits per heavy atom. The predicted molar refractivity (Wildman–Crippen MR) is 102 cm³/mol. The maximum absolute atomic E-state index is 12.0. The summed E-state index contributed by atoms with van der Waals surface area (Å²) in [6.45, 7) is 0.129. The highest BCUT2D eigenvalue weighted by atomic mass is 35.5. The zero-order valence-electron chi connectivity index (χ0n) is 14.2. The van der Waals surface area contributed by atoms with Gasteiger partial charge < -0.3 is 15.2 Å². The minimum atomic E-state index is -3.58. The third-order valence-corrected chi connectivity index (χ3v) is 5.31. The van der Waals surface area contributed by atoms with Crippen LogP contribution in [0.5, 0.6) is 5.75 Å². The number of sulfone groups is 1. The van der Waals surface area contributed by atoms with Gasteiger partial charge in [0.05, 0.1) is 17.9 Å². The Morgan fingerprint density at radius 2 is 1.67 bits per heavy atom. The van der Waals surface area contributed by atoms with Gasteiger partial charge in [0.2, 0.25) is 5.91 Å². The SMILES string of the molecule is O=C(CS(=O)(=O)CCCOc1ccc(C(=O)O)cc1)Nc1ccc(Cl)cc1. The first-order chi connectivity index (χ1) is 12.7. The van der Waals surface area contributed by atoms with E-state index >= 15 is 0 Å². The second kappa shape index (κ2) is 9.38. The summed E-state index contributed by atoms with van der Waals surface area (Å²) >= 11 is 5.74. The van der Waals surface area contributed by atoms with Gasteiger partial charge in [-0.1, -0.05) is 11.6 Å². The number of hydrogen-bond donors (Lipinski definition) is 2. The Hall–Kier alpha value is -2.58. The second-order valence-electron chi connectivity index (χ2n) is 5.68. The number of ether oxygens (including phenoxy) is 1. The number of rotatable bonds is 9. The van der Waals surface area contributed by atoms with Crippen LogP contribution in [0.2, 0.25) is 5.02 Å². The van der Waals surface area contributed by atoms with Crippen LogP contribution in [0.1, 0.15) is 16.8 Å². The van der Waals surface area contributed by atoms with E-state index in [1.54, 1.807) is 24.3 Å². The van der Waals surface area contributed by atoms with Crippen LogP contribution in [0.3, 0.4) is 0 Å². The van der Waals surface area contributed by atoms with E-state index in [0.29, 0.717) is 16.5 Å². The van der Waals surface area contributed by atoms with Gasteiger partial charge in [-0.25, -0.2) is 13.2 Å². The molecule has 0 heterocycles. The van der Waals surface area contributed by atoms with Crippen LogP contribution in [0.25, 0.3) is 0 Å². The number of carboxylic acids is 1. The molecule has 0 fully saturated rings. The number of carbonyl (C=O) groups is 2. The molecule has 0 radical (unpaired) electrons. The van der Waals surface area contributed by atoms with Crippen molar-refractivity contribution >= 4 is 39.0 Å². The molecule has 0 saturated heterocycles. The normalized spacial score (nSPS) is 11.0. The van der Waals surface area contributed by atoms with Gasteiger partial charge in [-0.3, -0.25) is 4.79 Å². The largest absolute Gasteiger partial charge is 0.494 e. The Morgan fingerprint density at radius 1 is 1.04 bits per heavy atom. The van der Waals surface area contributed by atoms with E-state index in [4.69, 9.17) is 21.4 Å². The lowest BCUT2D eigenvalue weighted by atomic mass is 10.2. The van der Waals surface area contributed by atoms with E-state index in [-0.39, 0.29) is 24.3 Å². The van der Waals surface area contributed by atoms with Crippen LogP contribution in [-0.4, -0.2) is 43.5 Å². The number of hydrogen-bond acceptors (Lipinski definition) is 5. The predicted octanol–water partition coefficient (Wildman–Crippen LogP) is 2.86. The standard InChI is InChI=1S/C18H18ClNO6S/c19-14-4-6-15(7-5-14)20-17(21)12-27(24,25)11-1-10-26-16-8-2-13(3-9-16)18(22)23/h2-9H,1,10-12H2,(H,20,21)(H,22,23). The maximum atomic E-state index is 12.0. The summed E-state index contributed by atoms with van der Waals surface area (Å²) in [4.78, 5) is 22.6. The molecule has 2 N–H and O–H groups in total. The van der Waals surface area contributed by atoms with Crippen molar-refractivity contribution in [3.8, 4) is 5.75 Å². The number of anilines is 1. The van der Waals surface area contributed by atoms with Gasteiger partial charge in [-0.15, -0.1) is 0 Å². The number of aromatic carboxylic acids is 1. The minimum absolute atomic E-state index is 0.129. The van der Waals surface area contributed by atoms with Crippen LogP contribution in [-0.2, 0) is 14.6 Å². The highest BCUT2D eigenvalue weighted by Crippen LogP contribution is 2.14. The van der Waals surface area contributed by atoms with Crippen molar-refractivity contribution in [3.05, 3.63) is 59.1 Å². The summed E-state index contributed by atoms with van der Waals surface area (Å²) in [5, 5.41) is 11.8. The number of nitrogens with one attached hydrogen (secondary N) is 1. The lowest BCUT2D eigenvalue weighted by Crippen LogP contribution is -2.25. The number of halogens is 1. The maximum Gasteiger partial charge on any atom is 0.335 e. The lowest BCUT2D eigenvalue weighted by molar-refractivity contribution is -0.113. The second-order valence-corrected chi connectivity index (χ2v) is 8.30. The third kappa shape index (κ3) is 7.28. The van der Waals surface area contributed by atoms with Crippen LogP contribution in [0.15, 0.2) is 48.5 Å². The van der Waals surface area contributed by atoms with Crippen molar-refractivity contribution in [2.24, 2.45) is 0 Å². The van der Waals surface area contributed by atoms with E-state index in [9.17, 15) is 18.0 Å². The highest BCUT2D eigenvalue weighted by molar-refractivity contribution is 7.92. The lowest BCUT2D eigenvalue weighted by Gasteiger charge is -2.08. The van der Waals surface area contributed by atoms with E-state index in [0.717, 1.165) is 0 Å². The van der Waals surface area contributed by atoms with Crippen molar-refractivity contribution < 1.29 is 27.9 Å². The molecule has 0 bridgehead atoms.